The van der Waals surface area contributed by atoms with E-state index >= 15 is 0 Å². The molecule has 0 fully saturated rings. The van der Waals surface area contributed by atoms with Crippen molar-refractivity contribution in [2.75, 3.05) is 13.6 Å². The molecular formula is C17H18Br2FN. The van der Waals surface area contributed by atoms with Crippen molar-refractivity contribution < 1.29 is 4.39 Å². The van der Waals surface area contributed by atoms with Gasteiger partial charge in [-0.05, 0) is 73.8 Å². The summed E-state index contributed by atoms with van der Waals surface area (Å²) in [5.41, 5.74) is 2.31. The Bertz CT molecular complexity index is 601. The van der Waals surface area contributed by atoms with Gasteiger partial charge in [0.05, 0.1) is 0 Å². The molecule has 1 nitrogen and oxygen atoms in total. The van der Waals surface area contributed by atoms with Crippen molar-refractivity contribution in [1.29, 1.82) is 0 Å². The van der Waals surface area contributed by atoms with Crippen LogP contribution < -0.4 is 5.32 Å². The average Bonchev–Trinajstić information content (AvgIpc) is 2.43. The predicted octanol–water partition coefficient (Wildman–Crippen LogP) is 4.97. The molecule has 0 aromatic heterocycles. The van der Waals surface area contributed by atoms with E-state index < -0.39 is 0 Å². The second kappa shape index (κ2) is 8.06. The van der Waals surface area contributed by atoms with Gasteiger partial charge in [0, 0.05) is 8.95 Å². The van der Waals surface area contributed by atoms with Crippen LogP contribution >= 0.6 is 31.9 Å². The Balaban J connectivity index is 2.13. The van der Waals surface area contributed by atoms with Gasteiger partial charge in [0.25, 0.3) is 0 Å². The molecule has 21 heavy (non-hydrogen) atoms. The van der Waals surface area contributed by atoms with Crippen LogP contribution in [0.2, 0.25) is 0 Å². The monoisotopic (exact) mass is 413 g/mol. The van der Waals surface area contributed by atoms with E-state index in [9.17, 15) is 4.39 Å². The second-order valence-electron chi connectivity index (χ2n) is 5.20. The fraction of sp³-hybridized carbons (Fsp3) is 0.294. The normalized spacial score (nSPS) is 12.4. The molecular weight excluding hydrogens is 397 g/mol. The van der Waals surface area contributed by atoms with Crippen LogP contribution in [-0.4, -0.2) is 13.6 Å². The van der Waals surface area contributed by atoms with Gasteiger partial charge in [0.1, 0.15) is 5.82 Å². The molecule has 1 N–H and O–H groups in total. The quantitative estimate of drug-likeness (QED) is 0.703. The second-order valence-corrected chi connectivity index (χ2v) is 6.97. The molecule has 0 spiro atoms. The molecule has 1 unspecified atom stereocenters. The zero-order valence-corrected chi connectivity index (χ0v) is 15.0. The van der Waals surface area contributed by atoms with Crippen molar-refractivity contribution >= 4 is 31.9 Å². The van der Waals surface area contributed by atoms with Gasteiger partial charge in [0.15, 0.2) is 0 Å². The lowest BCUT2D eigenvalue weighted by atomic mass is 9.92. The SMILES string of the molecule is CNCC(Cc1cccc(Br)c1)Cc1cc(F)ccc1Br. The summed E-state index contributed by atoms with van der Waals surface area (Å²) in [6.07, 6.45) is 1.80. The first-order chi connectivity index (χ1) is 10.1. The van der Waals surface area contributed by atoms with Gasteiger partial charge in [-0.1, -0.05) is 44.0 Å². The fourth-order valence-corrected chi connectivity index (χ4v) is 3.37. The van der Waals surface area contributed by atoms with Gasteiger partial charge < -0.3 is 5.32 Å². The highest BCUT2D eigenvalue weighted by Gasteiger charge is 2.13. The fourth-order valence-electron chi connectivity index (χ4n) is 2.51. The molecule has 0 saturated heterocycles. The molecule has 2 aromatic carbocycles. The summed E-state index contributed by atoms with van der Waals surface area (Å²) in [4.78, 5) is 0. The summed E-state index contributed by atoms with van der Waals surface area (Å²) >= 11 is 7.02. The summed E-state index contributed by atoms with van der Waals surface area (Å²) in [6, 6.07) is 13.2. The van der Waals surface area contributed by atoms with Gasteiger partial charge in [-0.3, -0.25) is 0 Å². The number of nitrogens with one attached hydrogen (secondary N) is 1. The van der Waals surface area contributed by atoms with Crippen LogP contribution in [0.1, 0.15) is 11.1 Å². The Morgan fingerprint density at radius 3 is 2.62 bits per heavy atom. The molecule has 2 aromatic rings. The predicted molar refractivity (Wildman–Crippen MR) is 93.1 cm³/mol. The van der Waals surface area contributed by atoms with E-state index in [-0.39, 0.29) is 5.82 Å². The van der Waals surface area contributed by atoms with Gasteiger partial charge in [0.2, 0.25) is 0 Å². The molecule has 0 bridgehead atoms. The zero-order chi connectivity index (χ0) is 15.2. The van der Waals surface area contributed by atoms with Gasteiger partial charge in [-0.25, -0.2) is 4.39 Å². The number of halogens is 3. The first-order valence-corrected chi connectivity index (χ1v) is 8.50. The van der Waals surface area contributed by atoms with Crippen molar-refractivity contribution in [2.45, 2.75) is 12.8 Å². The Morgan fingerprint density at radius 2 is 1.90 bits per heavy atom. The van der Waals surface area contributed by atoms with E-state index in [1.54, 1.807) is 12.1 Å². The van der Waals surface area contributed by atoms with Gasteiger partial charge >= 0.3 is 0 Å². The van der Waals surface area contributed by atoms with Crippen LogP contribution in [0.25, 0.3) is 0 Å². The van der Waals surface area contributed by atoms with Crippen molar-refractivity contribution in [2.24, 2.45) is 5.92 Å². The largest absolute Gasteiger partial charge is 0.319 e. The van der Waals surface area contributed by atoms with Gasteiger partial charge in [-0.2, -0.15) is 0 Å². The maximum absolute atomic E-state index is 13.4. The van der Waals surface area contributed by atoms with E-state index in [0.717, 1.165) is 33.9 Å². The molecule has 4 heteroatoms. The van der Waals surface area contributed by atoms with E-state index in [1.807, 2.05) is 19.2 Å². The zero-order valence-electron chi connectivity index (χ0n) is 11.9. The van der Waals surface area contributed by atoms with Crippen LogP contribution in [0.15, 0.2) is 51.4 Å². The van der Waals surface area contributed by atoms with Crippen molar-refractivity contribution in [3.05, 3.63) is 68.4 Å². The first kappa shape index (κ1) is 16.7. The van der Waals surface area contributed by atoms with Crippen molar-refractivity contribution in [3.63, 3.8) is 0 Å². The Morgan fingerprint density at radius 1 is 1.10 bits per heavy atom. The minimum absolute atomic E-state index is 0.182. The molecule has 2 rings (SSSR count). The number of hydrogen-bond acceptors (Lipinski definition) is 1. The Kier molecular flexibility index (Phi) is 6.40. The summed E-state index contributed by atoms with van der Waals surface area (Å²) in [5.74, 6) is 0.237. The molecule has 0 aliphatic carbocycles. The van der Waals surface area contributed by atoms with Crippen LogP contribution in [0, 0.1) is 11.7 Å². The minimum atomic E-state index is -0.182. The summed E-state index contributed by atoms with van der Waals surface area (Å²) < 4.78 is 15.5. The third kappa shape index (κ3) is 5.20. The highest BCUT2D eigenvalue weighted by Crippen LogP contribution is 2.23. The van der Waals surface area contributed by atoms with Crippen molar-refractivity contribution in [1.82, 2.24) is 5.32 Å². The molecule has 1 atom stereocenters. The molecule has 0 amide bonds. The molecule has 0 aliphatic rings. The summed E-state index contributed by atoms with van der Waals surface area (Å²) in [5, 5.41) is 3.24. The highest BCUT2D eigenvalue weighted by atomic mass is 79.9. The minimum Gasteiger partial charge on any atom is -0.319 e. The summed E-state index contributed by atoms with van der Waals surface area (Å²) in [6.45, 7) is 0.898. The standard InChI is InChI=1S/C17H18Br2FN/c1-21-11-13(7-12-3-2-4-15(18)9-12)8-14-10-16(20)5-6-17(14)19/h2-6,9-10,13,21H,7-8,11H2,1H3. The Labute approximate surface area is 142 Å². The van der Waals surface area contributed by atoms with Gasteiger partial charge in [-0.15, -0.1) is 0 Å². The lowest BCUT2D eigenvalue weighted by Crippen LogP contribution is -2.23. The van der Waals surface area contributed by atoms with Crippen LogP contribution in [0.3, 0.4) is 0 Å². The van der Waals surface area contributed by atoms with Crippen LogP contribution in [0.4, 0.5) is 4.39 Å². The highest BCUT2D eigenvalue weighted by molar-refractivity contribution is 9.10. The lowest BCUT2D eigenvalue weighted by Gasteiger charge is -2.18. The average molecular weight is 415 g/mol. The topological polar surface area (TPSA) is 12.0 Å². The van der Waals surface area contributed by atoms with E-state index in [2.05, 4.69) is 49.3 Å². The van der Waals surface area contributed by atoms with Crippen LogP contribution in [-0.2, 0) is 12.8 Å². The number of benzene rings is 2. The molecule has 0 radical (unpaired) electrons. The number of rotatable bonds is 6. The molecule has 0 heterocycles. The molecule has 0 saturated carbocycles. The third-order valence-corrected chi connectivity index (χ3v) is 4.69. The third-order valence-electron chi connectivity index (χ3n) is 3.42. The molecule has 0 aliphatic heterocycles. The summed E-state index contributed by atoms with van der Waals surface area (Å²) in [7, 11) is 1.95. The Hall–Kier alpha value is -0.710. The van der Waals surface area contributed by atoms with E-state index in [1.165, 1.54) is 11.6 Å². The maximum atomic E-state index is 13.4. The number of hydrogen-bond donors (Lipinski definition) is 1. The van der Waals surface area contributed by atoms with Crippen LogP contribution in [0.5, 0.6) is 0 Å². The first-order valence-electron chi connectivity index (χ1n) is 6.91. The lowest BCUT2D eigenvalue weighted by molar-refractivity contribution is 0.491. The van der Waals surface area contributed by atoms with E-state index in [4.69, 9.17) is 0 Å². The maximum Gasteiger partial charge on any atom is 0.123 e. The van der Waals surface area contributed by atoms with E-state index in [0.29, 0.717) is 5.92 Å². The molecule has 112 valence electrons. The smallest absolute Gasteiger partial charge is 0.123 e. The van der Waals surface area contributed by atoms with Crippen molar-refractivity contribution in [3.8, 4) is 0 Å².